The Morgan fingerprint density at radius 2 is 1.28 bits per heavy atom. The number of nitrogens with two attached hydrogens (primary N) is 1. The van der Waals surface area contributed by atoms with E-state index in [4.69, 9.17) is 5.73 Å². The summed E-state index contributed by atoms with van der Waals surface area (Å²) < 4.78 is 68.4. The summed E-state index contributed by atoms with van der Waals surface area (Å²) in [5, 5.41) is 25.3. The first kappa shape index (κ1) is 25.5. The molecule has 0 fully saturated rings. The van der Waals surface area contributed by atoms with Crippen molar-refractivity contribution >= 4 is 58.8 Å². The van der Waals surface area contributed by atoms with Gasteiger partial charge in [-0.1, -0.05) is 24.3 Å². The molecule has 0 bridgehead atoms. The van der Waals surface area contributed by atoms with E-state index >= 15 is 0 Å². The minimum atomic E-state index is -4.88. The maximum absolute atomic E-state index is 12.2. The molecule has 0 atom stereocenters. The number of fused-ring (bicyclic) bond motifs is 2. The van der Waals surface area contributed by atoms with Crippen LogP contribution in [0, 0.1) is 27.7 Å². The number of benzene rings is 4. The molecule has 0 aliphatic carbocycles. The molecular formula is C24H24N2O8S2. The second-order valence-corrected chi connectivity index (χ2v) is 11.4. The van der Waals surface area contributed by atoms with Gasteiger partial charge in [0.25, 0.3) is 20.2 Å². The zero-order valence-corrected chi connectivity index (χ0v) is 21.3. The molecule has 0 amide bonds. The zero-order chi connectivity index (χ0) is 26.9. The lowest BCUT2D eigenvalue weighted by molar-refractivity contribution is 0.477. The molecule has 190 valence electrons. The van der Waals surface area contributed by atoms with E-state index < -0.39 is 36.6 Å². The molecule has 4 aromatic carbocycles. The summed E-state index contributed by atoms with van der Waals surface area (Å²) in [4.78, 5) is -1.04. The fourth-order valence-corrected chi connectivity index (χ4v) is 6.34. The Morgan fingerprint density at radius 3 is 1.78 bits per heavy atom. The molecule has 0 unspecified atom stereocenters. The predicted octanol–water partition coefficient (Wildman–Crippen LogP) is 4.46. The first-order valence-corrected chi connectivity index (χ1v) is 13.5. The van der Waals surface area contributed by atoms with E-state index in [-0.39, 0.29) is 49.1 Å². The first-order valence-electron chi connectivity index (χ1n) is 10.6. The third-order valence-electron chi connectivity index (χ3n) is 6.59. The number of nitrogen functional groups attached to an aromatic ring is 1. The fourth-order valence-electron chi connectivity index (χ4n) is 4.67. The van der Waals surface area contributed by atoms with Crippen LogP contribution in [-0.4, -0.2) is 36.2 Å². The molecule has 7 N–H and O–H groups in total. The zero-order valence-electron chi connectivity index (χ0n) is 19.7. The number of rotatable bonds is 4. The first-order chi connectivity index (χ1) is 16.6. The van der Waals surface area contributed by atoms with Gasteiger partial charge in [-0.15, -0.1) is 0 Å². The molecule has 0 radical (unpaired) electrons. The summed E-state index contributed by atoms with van der Waals surface area (Å²) in [6.45, 7) is 6.36. The summed E-state index contributed by atoms with van der Waals surface area (Å²) in [6, 6.07) is 7.28. The van der Waals surface area contributed by atoms with E-state index in [1.165, 1.54) is 13.0 Å². The van der Waals surface area contributed by atoms with Gasteiger partial charge in [0.05, 0.1) is 22.1 Å². The molecule has 4 aromatic rings. The van der Waals surface area contributed by atoms with E-state index in [1.807, 2.05) is 0 Å². The molecule has 0 saturated carbocycles. The third-order valence-corrected chi connectivity index (χ3v) is 8.61. The van der Waals surface area contributed by atoms with Crippen LogP contribution >= 0.6 is 0 Å². The highest BCUT2D eigenvalue weighted by Crippen LogP contribution is 2.50. The molecule has 0 spiro atoms. The monoisotopic (exact) mass is 532 g/mol. The van der Waals surface area contributed by atoms with E-state index in [9.17, 15) is 36.2 Å². The minimum absolute atomic E-state index is 0.0541. The van der Waals surface area contributed by atoms with Crippen LogP contribution in [0.2, 0.25) is 0 Å². The van der Waals surface area contributed by atoms with Gasteiger partial charge in [0.2, 0.25) is 0 Å². The molecule has 0 aromatic heterocycles. The van der Waals surface area contributed by atoms with Crippen molar-refractivity contribution in [2.75, 3.05) is 11.1 Å². The molecule has 0 heterocycles. The molecule has 4 rings (SSSR count). The van der Waals surface area contributed by atoms with Gasteiger partial charge in [-0.2, -0.15) is 16.8 Å². The Balaban J connectivity index is 2.21. The van der Waals surface area contributed by atoms with E-state index in [1.54, 1.807) is 39.0 Å². The number of hydrogen-bond donors (Lipinski definition) is 6. The van der Waals surface area contributed by atoms with Crippen molar-refractivity contribution < 1.29 is 36.2 Å². The average molecular weight is 533 g/mol. The van der Waals surface area contributed by atoms with Gasteiger partial charge in [-0.25, -0.2) is 0 Å². The van der Waals surface area contributed by atoms with Crippen molar-refractivity contribution in [1.29, 1.82) is 0 Å². The summed E-state index contributed by atoms with van der Waals surface area (Å²) in [5.74, 6) is -0.750. The Labute approximate surface area is 207 Å². The van der Waals surface area contributed by atoms with Crippen LogP contribution in [0.15, 0.2) is 40.1 Å². The second-order valence-electron chi connectivity index (χ2n) is 8.61. The van der Waals surface area contributed by atoms with E-state index in [2.05, 4.69) is 5.32 Å². The summed E-state index contributed by atoms with van der Waals surface area (Å²) in [6.07, 6.45) is 0. The van der Waals surface area contributed by atoms with Crippen molar-refractivity contribution in [1.82, 2.24) is 0 Å². The number of anilines is 3. The van der Waals surface area contributed by atoms with Gasteiger partial charge in [-0.3, -0.25) is 9.11 Å². The van der Waals surface area contributed by atoms with E-state index in [0.717, 1.165) is 6.07 Å². The lowest BCUT2D eigenvalue weighted by Gasteiger charge is -2.22. The van der Waals surface area contributed by atoms with Gasteiger partial charge in [-0.05, 0) is 56.0 Å². The molecule has 0 aliphatic rings. The van der Waals surface area contributed by atoms with Gasteiger partial charge in [0, 0.05) is 16.5 Å². The van der Waals surface area contributed by atoms with Crippen molar-refractivity contribution in [3.05, 3.63) is 52.6 Å². The smallest absolute Gasteiger partial charge is 0.296 e. The molecule has 0 aliphatic heterocycles. The number of aromatic hydroxyl groups is 2. The largest absolute Gasteiger partial charge is 0.507 e. The van der Waals surface area contributed by atoms with Crippen LogP contribution in [-0.2, 0) is 20.2 Å². The van der Waals surface area contributed by atoms with Crippen LogP contribution in [0.5, 0.6) is 11.5 Å². The quantitative estimate of drug-likeness (QED) is 0.0948. The number of nitrogens with one attached hydrogen (secondary N) is 1. The normalized spacial score (nSPS) is 12.4. The third kappa shape index (κ3) is 3.78. The maximum Gasteiger partial charge on any atom is 0.296 e. The lowest BCUT2D eigenvalue weighted by atomic mass is 9.96. The van der Waals surface area contributed by atoms with Crippen LogP contribution in [0.1, 0.15) is 22.3 Å². The fraction of sp³-hybridized carbons (Fsp3) is 0.167. The van der Waals surface area contributed by atoms with Gasteiger partial charge in [0.1, 0.15) is 21.3 Å². The molecule has 36 heavy (non-hydrogen) atoms. The van der Waals surface area contributed by atoms with Crippen molar-refractivity contribution in [3.63, 3.8) is 0 Å². The number of phenols is 2. The van der Waals surface area contributed by atoms with Gasteiger partial charge in [0.15, 0.2) is 0 Å². The number of phenolic OH excluding ortho intramolecular Hbond substituents is 2. The lowest BCUT2D eigenvalue weighted by Crippen LogP contribution is -2.11. The SMILES string of the molecule is Cc1c(C)c(Nc2cc(S(=O)(=O)O)c(N)c3c(O)c4ccccc4c(O)c23)c(C)c(S(=O)(=O)O)c1C. The number of hydrogen-bond acceptors (Lipinski definition) is 8. The summed E-state index contributed by atoms with van der Waals surface area (Å²) in [5.41, 5.74) is 7.32. The Hall–Kier alpha value is -3.58. The summed E-state index contributed by atoms with van der Waals surface area (Å²) in [7, 11) is -9.51. The minimum Gasteiger partial charge on any atom is -0.507 e. The van der Waals surface area contributed by atoms with E-state index in [0.29, 0.717) is 16.7 Å². The van der Waals surface area contributed by atoms with Gasteiger partial charge < -0.3 is 21.3 Å². The van der Waals surface area contributed by atoms with Crippen LogP contribution < -0.4 is 11.1 Å². The van der Waals surface area contributed by atoms with Crippen LogP contribution in [0.25, 0.3) is 21.5 Å². The summed E-state index contributed by atoms with van der Waals surface area (Å²) >= 11 is 0. The Morgan fingerprint density at radius 1 is 0.750 bits per heavy atom. The van der Waals surface area contributed by atoms with Crippen molar-refractivity contribution in [2.24, 2.45) is 0 Å². The highest BCUT2D eigenvalue weighted by molar-refractivity contribution is 7.86. The predicted molar refractivity (Wildman–Crippen MR) is 137 cm³/mol. The van der Waals surface area contributed by atoms with Crippen LogP contribution in [0.3, 0.4) is 0 Å². The molecule has 12 heteroatoms. The maximum atomic E-state index is 12.2. The topological polar surface area (TPSA) is 187 Å². The Kier molecular flexibility index (Phi) is 5.84. The highest BCUT2D eigenvalue weighted by atomic mass is 32.2. The van der Waals surface area contributed by atoms with Crippen LogP contribution in [0.4, 0.5) is 17.1 Å². The highest BCUT2D eigenvalue weighted by Gasteiger charge is 2.27. The van der Waals surface area contributed by atoms with Crippen molar-refractivity contribution in [2.45, 2.75) is 37.5 Å². The second kappa shape index (κ2) is 8.23. The average Bonchev–Trinajstić information content (AvgIpc) is 2.77. The standard InChI is InChI=1S/C24H24N2O8S2/c1-10-11(2)21(13(4)24(12(10)3)36(32,33)34)26-16-9-17(35(29,30)31)20(25)19-18(16)22(27)14-7-5-6-8-15(14)23(19)28/h5-9,26-28H,25H2,1-4H3,(H,29,30,31)(H,32,33,34). The van der Waals surface area contributed by atoms with Gasteiger partial charge >= 0.3 is 0 Å². The molecular weight excluding hydrogens is 508 g/mol. The molecule has 0 saturated heterocycles. The molecule has 10 nitrogen and oxygen atoms in total. The van der Waals surface area contributed by atoms with Crippen molar-refractivity contribution in [3.8, 4) is 11.5 Å². The Bertz CT molecular complexity index is 1830.